The first-order valence-corrected chi connectivity index (χ1v) is 9.86. The van der Waals surface area contributed by atoms with E-state index in [2.05, 4.69) is 4.90 Å². The summed E-state index contributed by atoms with van der Waals surface area (Å²) in [6.45, 7) is 1.72. The number of piperidine rings is 1. The fourth-order valence-corrected chi connectivity index (χ4v) is 4.20. The minimum atomic E-state index is -0.386. The van der Waals surface area contributed by atoms with E-state index in [0.29, 0.717) is 23.7 Å². The molecule has 3 aromatic rings. The SMILES string of the molecule is O=c1cc(CN2CCCC[C@@H]2CCO)c2cc(O)c(-c3ccccc3)cc2o1. The van der Waals surface area contributed by atoms with Crippen molar-refractivity contribution in [2.75, 3.05) is 13.2 Å². The number of aromatic hydroxyl groups is 1. The molecule has 4 rings (SSSR count). The molecule has 1 aromatic heterocycles. The molecule has 146 valence electrons. The van der Waals surface area contributed by atoms with E-state index in [4.69, 9.17) is 4.42 Å². The summed E-state index contributed by atoms with van der Waals surface area (Å²) in [6.07, 6.45) is 4.08. The molecule has 0 amide bonds. The van der Waals surface area contributed by atoms with Gasteiger partial charge in [0.15, 0.2) is 0 Å². The third kappa shape index (κ3) is 3.81. The molecule has 0 aliphatic carbocycles. The monoisotopic (exact) mass is 379 g/mol. The summed E-state index contributed by atoms with van der Waals surface area (Å²) in [5, 5.41) is 20.8. The molecular weight excluding hydrogens is 354 g/mol. The van der Waals surface area contributed by atoms with Crippen molar-refractivity contribution < 1.29 is 14.6 Å². The Hall–Kier alpha value is -2.63. The fraction of sp³-hybridized carbons (Fsp3) is 0.348. The molecule has 2 N–H and O–H groups in total. The summed E-state index contributed by atoms with van der Waals surface area (Å²) < 4.78 is 5.46. The molecule has 28 heavy (non-hydrogen) atoms. The van der Waals surface area contributed by atoms with E-state index in [1.54, 1.807) is 12.1 Å². The van der Waals surface area contributed by atoms with Crippen molar-refractivity contribution in [3.05, 3.63) is 64.5 Å². The minimum absolute atomic E-state index is 0.166. The van der Waals surface area contributed by atoms with Crippen LogP contribution in [0.1, 0.15) is 31.2 Å². The highest BCUT2D eigenvalue weighted by Crippen LogP contribution is 2.34. The topological polar surface area (TPSA) is 73.9 Å². The maximum Gasteiger partial charge on any atom is 0.336 e. The molecule has 0 unspecified atom stereocenters. The quantitative estimate of drug-likeness (QED) is 0.658. The van der Waals surface area contributed by atoms with Gasteiger partial charge < -0.3 is 14.6 Å². The Morgan fingerprint density at radius 2 is 1.93 bits per heavy atom. The van der Waals surface area contributed by atoms with E-state index >= 15 is 0 Å². The van der Waals surface area contributed by atoms with E-state index in [9.17, 15) is 15.0 Å². The number of nitrogens with zero attached hydrogens (tertiary/aromatic N) is 1. The van der Waals surface area contributed by atoms with Gasteiger partial charge in [0, 0.05) is 36.2 Å². The lowest BCUT2D eigenvalue weighted by Crippen LogP contribution is -2.39. The molecule has 2 heterocycles. The van der Waals surface area contributed by atoms with Gasteiger partial charge in [-0.3, -0.25) is 4.90 Å². The molecule has 1 aliphatic rings. The van der Waals surface area contributed by atoms with Crippen LogP contribution in [-0.2, 0) is 6.54 Å². The average molecular weight is 379 g/mol. The van der Waals surface area contributed by atoms with Crippen LogP contribution in [0.2, 0.25) is 0 Å². The van der Waals surface area contributed by atoms with Crippen LogP contribution in [0.15, 0.2) is 57.7 Å². The number of fused-ring (bicyclic) bond motifs is 1. The molecule has 5 nitrogen and oxygen atoms in total. The number of aliphatic hydroxyl groups excluding tert-OH is 1. The summed E-state index contributed by atoms with van der Waals surface area (Å²) in [5.41, 5.74) is 2.46. The maximum atomic E-state index is 12.2. The molecule has 5 heteroatoms. The number of rotatable bonds is 5. The Morgan fingerprint density at radius 3 is 2.71 bits per heavy atom. The van der Waals surface area contributed by atoms with Crippen LogP contribution in [0, 0.1) is 0 Å². The van der Waals surface area contributed by atoms with Crippen molar-refractivity contribution in [2.45, 2.75) is 38.3 Å². The van der Waals surface area contributed by atoms with Crippen molar-refractivity contribution in [3.8, 4) is 16.9 Å². The second-order valence-electron chi connectivity index (χ2n) is 7.45. The van der Waals surface area contributed by atoms with Crippen LogP contribution in [0.4, 0.5) is 0 Å². The van der Waals surface area contributed by atoms with Crippen LogP contribution >= 0.6 is 0 Å². The van der Waals surface area contributed by atoms with Gasteiger partial charge in [-0.1, -0.05) is 36.8 Å². The number of benzene rings is 2. The molecule has 2 aromatic carbocycles. The first-order valence-electron chi connectivity index (χ1n) is 9.86. The van der Waals surface area contributed by atoms with Crippen molar-refractivity contribution >= 4 is 11.0 Å². The number of phenolic OH excluding ortho intramolecular Hbond substituents is 1. The molecule has 0 radical (unpaired) electrons. The Balaban J connectivity index is 1.75. The molecule has 1 atom stereocenters. The van der Waals surface area contributed by atoms with Gasteiger partial charge in [0.2, 0.25) is 0 Å². The van der Waals surface area contributed by atoms with Gasteiger partial charge in [0.25, 0.3) is 0 Å². The molecule has 1 fully saturated rings. The summed E-state index contributed by atoms with van der Waals surface area (Å²) >= 11 is 0. The predicted molar refractivity (Wildman–Crippen MR) is 109 cm³/mol. The lowest BCUT2D eigenvalue weighted by molar-refractivity contribution is 0.113. The van der Waals surface area contributed by atoms with Crippen molar-refractivity contribution in [2.24, 2.45) is 0 Å². The van der Waals surface area contributed by atoms with Crippen LogP contribution in [0.3, 0.4) is 0 Å². The van der Waals surface area contributed by atoms with Crippen LogP contribution in [-0.4, -0.2) is 34.3 Å². The third-order valence-electron chi connectivity index (χ3n) is 5.62. The van der Waals surface area contributed by atoms with E-state index in [-0.39, 0.29) is 18.0 Å². The summed E-state index contributed by atoms with van der Waals surface area (Å²) in [6, 6.07) is 14.8. The van der Waals surface area contributed by atoms with Gasteiger partial charge in [0.05, 0.1) is 0 Å². The number of aliphatic hydroxyl groups is 1. The second kappa shape index (κ2) is 8.17. The zero-order chi connectivity index (χ0) is 19.5. The lowest BCUT2D eigenvalue weighted by atomic mass is 9.97. The van der Waals surface area contributed by atoms with E-state index in [1.165, 1.54) is 12.5 Å². The number of phenols is 1. The normalized spacial score (nSPS) is 17.8. The summed E-state index contributed by atoms with van der Waals surface area (Å²) in [7, 11) is 0. The van der Waals surface area contributed by atoms with Gasteiger partial charge in [-0.25, -0.2) is 4.79 Å². The molecule has 1 aliphatic heterocycles. The average Bonchev–Trinajstić information content (AvgIpc) is 2.70. The van der Waals surface area contributed by atoms with Crippen molar-refractivity contribution in [1.82, 2.24) is 4.90 Å². The highest BCUT2D eigenvalue weighted by atomic mass is 16.4. The summed E-state index contributed by atoms with van der Waals surface area (Å²) in [5.74, 6) is 0.166. The Labute approximate surface area is 163 Å². The lowest BCUT2D eigenvalue weighted by Gasteiger charge is -2.35. The van der Waals surface area contributed by atoms with Crippen LogP contribution in [0.5, 0.6) is 5.75 Å². The van der Waals surface area contributed by atoms with E-state index in [1.807, 2.05) is 30.3 Å². The van der Waals surface area contributed by atoms with Crippen molar-refractivity contribution in [3.63, 3.8) is 0 Å². The van der Waals surface area contributed by atoms with Gasteiger partial charge in [-0.15, -0.1) is 0 Å². The van der Waals surface area contributed by atoms with Crippen LogP contribution in [0.25, 0.3) is 22.1 Å². The standard InChI is InChI=1S/C23H25NO4/c25-11-9-18-8-4-5-10-24(18)15-17-12-23(27)28-22-14-19(21(26)13-20(17)22)16-6-2-1-3-7-16/h1-3,6-7,12-14,18,25-26H,4-5,8-11,15H2/t18-/m1/s1. The van der Waals surface area contributed by atoms with Crippen molar-refractivity contribution in [1.29, 1.82) is 0 Å². The Morgan fingerprint density at radius 1 is 1.11 bits per heavy atom. The largest absolute Gasteiger partial charge is 0.507 e. The fourth-order valence-electron chi connectivity index (χ4n) is 4.20. The number of hydrogen-bond donors (Lipinski definition) is 2. The second-order valence-corrected chi connectivity index (χ2v) is 7.45. The number of likely N-dealkylation sites (tertiary alicyclic amines) is 1. The van der Waals surface area contributed by atoms with Gasteiger partial charge in [-0.2, -0.15) is 0 Å². The highest BCUT2D eigenvalue weighted by molar-refractivity contribution is 5.88. The zero-order valence-electron chi connectivity index (χ0n) is 15.8. The predicted octanol–water partition coefficient (Wildman–Crippen LogP) is 3.90. The molecule has 0 spiro atoms. The Kier molecular flexibility index (Phi) is 5.46. The Bertz CT molecular complexity index is 1010. The summed E-state index contributed by atoms with van der Waals surface area (Å²) in [4.78, 5) is 14.5. The minimum Gasteiger partial charge on any atom is -0.507 e. The highest BCUT2D eigenvalue weighted by Gasteiger charge is 2.23. The van der Waals surface area contributed by atoms with Crippen LogP contribution < -0.4 is 5.63 Å². The van der Waals surface area contributed by atoms with E-state index in [0.717, 1.165) is 42.3 Å². The van der Waals surface area contributed by atoms with Gasteiger partial charge >= 0.3 is 5.63 Å². The number of hydrogen-bond acceptors (Lipinski definition) is 5. The molecule has 0 bridgehead atoms. The first-order chi connectivity index (χ1) is 13.7. The smallest absolute Gasteiger partial charge is 0.336 e. The molecule has 1 saturated heterocycles. The molecule has 0 saturated carbocycles. The third-order valence-corrected chi connectivity index (χ3v) is 5.62. The maximum absolute atomic E-state index is 12.2. The zero-order valence-corrected chi connectivity index (χ0v) is 15.8. The van der Waals surface area contributed by atoms with Gasteiger partial charge in [-0.05, 0) is 49.1 Å². The van der Waals surface area contributed by atoms with E-state index < -0.39 is 0 Å². The molecular formula is C23H25NO4. The van der Waals surface area contributed by atoms with Gasteiger partial charge in [0.1, 0.15) is 11.3 Å². The first kappa shape index (κ1) is 18.7.